The summed E-state index contributed by atoms with van der Waals surface area (Å²) in [6.45, 7) is 3.60. The van der Waals surface area contributed by atoms with Gasteiger partial charge in [0.15, 0.2) is 0 Å². The molecule has 0 aromatic rings. The van der Waals surface area contributed by atoms with Crippen molar-refractivity contribution in [2.24, 2.45) is 0 Å². The molecule has 13 nitrogen and oxygen atoms in total. The highest BCUT2D eigenvalue weighted by atomic mass is 31.2. The minimum Gasteiger partial charge on any atom is -0.393 e. The van der Waals surface area contributed by atoms with Gasteiger partial charge >= 0.3 is 7.82 Å². The molecular weight excluding hydrogens is 657 g/mol. The fourth-order valence-corrected chi connectivity index (χ4v) is 6.63. The van der Waals surface area contributed by atoms with Crippen molar-refractivity contribution in [1.29, 1.82) is 0 Å². The van der Waals surface area contributed by atoms with Gasteiger partial charge in [0.25, 0.3) is 0 Å². The van der Waals surface area contributed by atoms with Crippen LogP contribution < -0.4 is 5.32 Å². The van der Waals surface area contributed by atoms with E-state index in [2.05, 4.69) is 31.3 Å². The predicted octanol–water partition coefficient (Wildman–Crippen LogP) is 3.69. The topological polar surface area (TPSA) is 226 Å². The smallest absolute Gasteiger partial charge is 0.393 e. The summed E-state index contributed by atoms with van der Waals surface area (Å²) in [5, 5.41) is 73.7. The first kappa shape index (κ1) is 45.8. The van der Waals surface area contributed by atoms with Crippen molar-refractivity contribution >= 4 is 13.7 Å². The Balaban J connectivity index is 2.74. The molecule has 9 N–H and O–H groups in total. The molecule has 1 rings (SSSR count). The summed E-state index contributed by atoms with van der Waals surface area (Å²) in [5.41, 5.74) is 0. The first-order valence-corrected chi connectivity index (χ1v) is 19.9. The normalized spacial score (nSPS) is 26.2. The maximum atomic E-state index is 12.8. The van der Waals surface area contributed by atoms with Crippen molar-refractivity contribution in [3.05, 3.63) is 24.3 Å². The molecular formula is C35H66NO12P. The van der Waals surface area contributed by atoms with Gasteiger partial charge in [0, 0.05) is 0 Å². The van der Waals surface area contributed by atoms with Crippen LogP contribution in [0.4, 0.5) is 0 Å². The molecule has 8 atom stereocenters. The Morgan fingerprint density at radius 3 is 1.80 bits per heavy atom. The van der Waals surface area contributed by atoms with Crippen LogP contribution in [0.5, 0.6) is 0 Å². The Kier molecular flexibility index (Phi) is 24.8. The van der Waals surface area contributed by atoms with Crippen LogP contribution >= 0.6 is 7.82 Å². The Hall–Kier alpha value is -1.22. The zero-order valence-electron chi connectivity index (χ0n) is 29.6. The highest BCUT2D eigenvalue weighted by Gasteiger charge is 2.51. The standard InChI is InChI=1S/C35H66NO12P/c1-3-5-7-9-11-12-13-14-15-17-19-21-23-28(38)27(36-29(39)24-26(37)22-20-18-16-10-8-6-4-2)25-47-49(45,46)48-35-33(43)31(41)30(40)32(42)34(35)44/h14-15,21,23,26-28,30-35,37-38,40-44H,3-13,16-20,22,24-25H2,1-2H3,(H,36,39)(H,45,46)/b15-14+,23-21+. The van der Waals surface area contributed by atoms with Gasteiger partial charge in [-0.25, -0.2) is 4.57 Å². The lowest BCUT2D eigenvalue weighted by Gasteiger charge is -2.41. The number of carbonyl (C=O) groups is 1. The van der Waals surface area contributed by atoms with Crippen LogP contribution in [-0.2, 0) is 18.4 Å². The zero-order chi connectivity index (χ0) is 36.7. The highest BCUT2D eigenvalue weighted by Crippen LogP contribution is 2.47. The van der Waals surface area contributed by atoms with Gasteiger partial charge in [-0.05, 0) is 32.1 Å². The number of amides is 1. The van der Waals surface area contributed by atoms with Crippen LogP contribution in [0.2, 0.25) is 0 Å². The number of hydrogen-bond acceptors (Lipinski definition) is 11. The van der Waals surface area contributed by atoms with E-state index in [9.17, 15) is 50.0 Å². The third kappa shape index (κ3) is 19.8. The molecule has 0 aromatic carbocycles. The molecule has 0 spiro atoms. The largest absolute Gasteiger partial charge is 0.472 e. The number of aliphatic hydroxyl groups is 7. The monoisotopic (exact) mass is 723 g/mol. The van der Waals surface area contributed by atoms with Crippen LogP contribution in [0.25, 0.3) is 0 Å². The number of aliphatic hydroxyl groups excluding tert-OH is 7. The van der Waals surface area contributed by atoms with Gasteiger partial charge < -0.3 is 46.0 Å². The quantitative estimate of drug-likeness (QED) is 0.0320. The lowest BCUT2D eigenvalue weighted by molar-refractivity contribution is -0.220. The Morgan fingerprint density at radius 1 is 0.714 bits per heavy atom. The number of phosphoric acid groups is 1. The average Bonchev–Trinajstić information content (AvgIpc) is 3.06. The van der Waals surface area contributed by atoms with E-state index in [-0.39, 0.29) is 6.42 Å². The maximum Gasteiger partial charge on any atom is 0.472 e. The van der Waals surface area contributed by atoms with Crippen molar-refractivity contribution in [3.63, 3.8) is 0 Å². The lowest BCUT2D eigenvalue weighted by atomic mass is 9.85. The van der Waals surface area contributed by atoms with E-state index in [0.717, 1.165) is 51.4 Å². The van der Waals surface area contributed by atoms with E-state index in [1.165, 1.54) is 51.0 Å². The summed E-state index contributed by atoms with van der Waals surface area (Å²) in [5.74, 6) is -0.610. The van der Waals surface area contributed by atoms with E-state index >= 15 is 0 Å². The average molecular weight is 724 g/mol. The molecule has 1 fully saturated rings. The molecule has 0 aromatic heterocycles. The van der Waals surface area contributed by atoms with E-state index in [0.29, 0.717) is 12.8 Å². The summed E-state index contributed by atoms with van der Waals surface area (Å²) in [7, 11) is -5.13. The van der Waals surface area contributed by atoms with Crippen molar-refractivity contribution in [2.45, 2.75) is 184 Å². The molecule has 0 heterocycles. The van der Waals surface area contributed by atoms with E-state index in [1.54, 1.807) is 6.08 Å². The van der Waals surface area contributed by atoms with Crippen molar-refractivity contribution in [1.82, 2.24) is 5.32 Å². The molecule has 0 bridgehead atoms. The molecule has 1 aliphatic rings. The summed E-state index contributed by atoms with van der Waals surface area (Å²) in [6.07, 6.45) is 10.4. The first-order chi connectivity index (χ1) is 23.3. The van der Waals surface area contributed by atoms with Gasteiger partial charge in [-0.1, -0.05) is 115 Å². The van der Waals surface area contributed by atoms with Crippen molar-refractivity contribution < 1.29 is 59.0 Å². The van der Waals surface area contributed by atoms with Crippen LogP contribution in [0, 0.1) is 0 Å². The minimum atomic E-state index is -5.13. The molecule has 1 amide bonds. The number of phosphoric ester groups is 1. The van der Waals surface area contributed by atoms with E-state index in [1.807, 2.05) is 0 Å². The van der Waals surface area contributed by atoms with E-state index < -0.39 is 75.2 Å². The number of nitrogens with one attached hydrogen (secondary N) is 1. The van der Waals surface area contributed by atoms with Crippen molar-refractivity contribution in [2.75, 3.05) is 6.61 Å². The van der Waals surface area contributed by atoms with Gasteiger partial charge in [0.1, 0.15) is 36.6 Å². The molecule has 288 valence electrons. The second kappa shape index (κ2) is 26.5. The number of allylic oxidation sites excluding steroid dienone is 3. The molecule has 14 heteroatoms. The Bertz CT molecular complexity index is 953. The fourth-order valence-electron chi connectivity index (χ4n) is 5.67. The molecule has 0 radical (unpaired) electrons. The molecule has 1 aliphatic carbocycles. The Labute approximate surface area is 293 Å². The van der Waals surface area contributed by atoms with Crippen LogP contribution in [0.3, 0.4) is 0 Å². The van der Waals surface area contributed by atoms with E-state index in [4.69, 9.17) is 9.05 Å². The lowest BCUT2D eigenvalue weighted by Crippen LogP contribution is -2.64. The number of hydrogen-bond donors (Lipinski definition) is 9. The molecule has 8 unspecified atom stereocenters. The third-order valence-corrected chi connectivity index (χ3v) is 9.78. The number of rotatable bonds is 28. The van der Waals surface area contributed by atoms with Gasteiger partial charge in [0.2, 0.25) is 5.91 Å². The second-order valence-corrected chi connectivity index (χ2v) is 14.7. The van der Waals surface area contributed by atoms with Crippen molar-refractivity contribution in [3.8, 4) is 0 Å². The maximum absolute atomic E-state index is 12.8. The Morgan fingerprint density at radius 2 is 1.20 bits per heavy atom. The highest BCUT2D eigenvalue weighted by molar-refractivity contribution is 7.47. The SMILES string of the molecule is CCCCCCCC/C=C/CC/C=C/C(O)C(COP(=O)(O)OC1C(O)C(O)C(O)C(O)C1O)NC(=O)CC(O)CCCCCCCCC. The van der Waals surface area contributed by atoms with Crippen LogP contribution in [0.15, 0.2) is 24.3 Å². The predicted molar refractivity (Wildman–Crippen MR) is 187 cm³/mol. The van der Waals surface area contributed by atoms with Crippen LogP contribution in [-0.4, -0.2) is 108 Å². The van der Waals surface area contributed by atoms with Crippen LogP contribution in [0.1, 0.15) is 129 Å². The van der Waals surface area contributed by atoms with Gasteiger partial charge in [-0.3, -0.25) is 13.8 Å². The van der Waals surface area contributed by atoms with Gasteiger partial charge in [-0.15, -0.1) is 0 Å². The summed E-state index contributed by atoms with van der Waals surface area (Å²) in [6, 6.07) is -1.25. The third-order valence-electron chi connectivity index (χ3n) is 8.79. The molecule has 1 saturated carbocycles. The second-order valence-electron chi connectivity index (χ2n) is 13.3. The first-order valence-electron chi connectivity index (χ1n) is 18.4. The van der Waals surface area contributed by atoms with Gasteiger partial charge in [0.05, 0.1) is 31.3 Å². The fraction of sp³-hybridized carbons (Fsp3) is 0.857. The van der Waals surface area contributed by atoms with Gasteiger partial charge in [-0.2, -0.15) is 0 Å². The number of carbonyl (C=O) groups excluding carboxylic acids is 1. The zero-order valence-corrected chi connectivity index (χ0v) is 30.5. The molecule has 49 heavy (non-hydrogen) atoms. The minimum absolute atomic E-state index is 0.252. The summed E-state index contributed by atoms with van der Waals surface area (Å²) in [4.78, 5) is 23.1. The number of unbranched alkanes of at least 4 members (excludes halogenated alkanes) is 13. The summed E-state index contributed by atoms with van der Waals surface area (Å²) < 4.78 is 22.6. The molecule has 0 saturated heterocycles. The molecule has 0 aliphatic heterocycles. The summed E-state index contributed by atoms with van der Waals surface area (Å²) >= 11 is 0.